The summed E-state index contributed by atoms with van der Waals surface area (Å²) in [6.45, 7) is 0.914. The molecule has 2 atom stereocenters. The van der Waals surface area contributed by atoms with E-state index in [0.29, 0.717) is 25.8 Å². The van der Waals surface area contributed by atoms with Crippen LogP contribution in [0.25, 0.3) is 0 Å². The summed E-state index contributed by atoms with van der Waals surface area (Å²) in [5.74, 6) is -1.13. The number of hydrogen-bond acceptors (Lipinski definition) is 4. The molecule has 20 heavy (non-hydrogen) atoms. The van der Waals surface area contributed by atoms with Gasteiger partial charge in [-0.1, -0.05) is 0 Å². The molecule has 0 amide bonds. The van der Waals surface area contributed by atoms with Crippen molar-refractivity contribution in [1.29, 1.82) is 0 Å². The molecule has 2 aliphatic rings. The van der Waals surface area contributed by atoms with Crippen LogP contribution in [-0.4, -0.2) is 65.5 Å². The Morgan fingerprint density at radius 1 is 1.15 bits per heavy atom. The second-order valence-electron chi connectivity index (χ2n) is 5.52. The molecule has 7 nitrogen and oxygen atoms in total. The highest BCUT2D eigenvalue weighted by Gasteiger charge is 2.41. The molecular formula is C12H22N2O5S. The van der Waals surface area contributed by atoms with Gasteiger partial charge in [0.1, 0.15) is 6.04 Å². The Balaban J connectivity index is 2.17. The van der Waals surface area contributed by atoms with Gasteiger partial charge in [-0.05, 0) is 38.0 Å². The van der Waals surface area contributed by atoms with Gasteiger partial charge < -0.3 is 10.2 Å². The lowest BCUT2D eigenvalue weighted by molar-refractivity contribution is -0.142. The second-order valence-corrected chi connectivity index (χ2v) is 7.40. The number of rotatable bonds is 4. The van der Waals surface area contributed by atoms with Crippen molar-refractivity contribution in [3.63, 3.8) is 0 Å². The Morgan fingerprint density at radius 3 is 2.55 bits per heavy atom. The third-order valence-corrected chi connectivity index (χ3v) is 6.12. The third-order valence-electron chi connectivity index (χ3n) is 4.10. The zero-order valence-electron chi connectivity index (χ0n) is 11.4. The molecule has 0 radical (unpaired) electrons. The fourth-order valence-electron chi connectivity index (χ4n) is 2.96. The first-order valence-corrected chi connectivity index (χ1v) is 8.47. The van der Waals surface area contributed by atoms with Crippen LogP contribution in [-0.2, 0) is 15.0 Å². The minimum atomic E-state index is -3.75. The van der Waals surface area contributed by atoms with E-state index in [1.165, 1.54) is 4.31 Å². The largest absolute Gasteiger partial charge is 0.480 e. The van der Waals surface area contributed by atoms with Crippen molar-refractivity contribution in [2.75, 3.05) is 26.2 Å². The summed E-state index contributed by atoms with van der Waals surface area (Å²) < 4.78 is 27.7. The second kappa shape index (κ2) is 6.38. The molecule has 2 unspecified atom stereocenters. The van der Waals surface area contributed by atoms with Gasteiger partial charge >= 0.3 is 5.97 Å². The van der Waals surface area contributed by atoms with Crippen LogP contribution in [0.5, 0.6) is 0 Å². The van der Waals surface area contributed by atoms with Gasteiger partial charge in [0.05, 0.1) is 0 Å². The van der Waals surface area contributed by atoms with Crippen molar-refractivity contribution in [3.8, 4) is 0 Å². The van der Waals surface area contributed by atoms with Crippen LogP contribution >= 0.6 is 0 Å². The monoisotopic (exact) mass is 306 g/mol. The van der Waals surface area contributed by atoms with Crippen molar-refractivity contribution in [2.24, 2.45) is 5.92 Å². The maximum absolute atomic E-state index is 12.6. The van der Waals surface area contributed by atoms with Gasteiger partial charge in [0.15, 0.2) is 0 Å². The van der Waals surface area contributed by atoms with Gasteiger partial charge in [0, 0.05) is 26.2 Å². The Kier molecular flexibility index (Phi) is 5.00. The first kappa shape index (κ1) is 15.7. The molecule has 2 rings (SSSR count). The maximum Gasteiger partial charge on any atom is 0.322 e. The molecule has 2 N–H and O–H groups in total. The number of carbonyl (C=O) groups is 1. The van der Waals surface area contributed by atoms with Crippen LogP contribution in [0.4, 0.5) is 0 Å². The van der Waals surface area contributed by atoms with Crippen LogP contribution in [0.15, 0.2) is 0 Å². The Bertz CT molecular complexity index is 453. The average Bonchev–Trinajstić information content (AvgIpc) is 2.47. The normalized spacial score (nSPS) is 30.2. The topological polar surface area (TPSA) is 98.2 Å². The summed E-state index contributed by atoms with van der Waals surface area (Å²) in [5, 5.41) is 18.4. The predicted octanol–water partition coefficient (Wildman–Crippen LogP) is -0.125. The molecule has 0 aromatic heterocycles. The summed E-state index contributed by atoms with van der Waals surface area (Å²) in [4.78, 5) is 11.3. The molecule has 2 aliphatic heterocycles. The summed E-state index contributed by atoms with van der Waals surface area (Å²) in [5.41, 5.74) is 0. The van der Waals surface area contributed by atoms with E-state index in [1.54, 1.807) is 0 Å². The van der Waals surface area contributed by atoms with Gasteiger partial charge in [-0.3, -0.25) is 4.79 Å². The number of aliphatic hydroxyl groups excluding tert-OH is 1. The number of carboxylic acid groups (broad SMARTS) is 1. The van der Waals surface area contributed by atoms with E-state index in [1.807, 2.05) is 0 Å². The van der Waals surface area contributed by atoms with Crippen molar-refractivity contribution in [2.45, 2.75) is 38.1 Å². The lowest BCUT2D eigenvalue weighted by Gasteiger charge is -2.38. The van der Waals surface area contributed by atoms with E-state index < -0.39 is 22.2 Å². The van der Waals surface area contributed by atoms with E-state index in [4.69, 9.17) is 0 Å². The fraction of sp³-hybridized carbons (Fsp3) is 0.917. The number of carboxylic acids is 1. The molecule has 0 saturated carbocycles. The van der Waals surface area contributed by atoms with E-state index in [9.17, 15) is 23.4 Å². The highest BCUT2D eigenvalue weighted by atomic mass is 32.2. The van der Waals surface area contributed by atoms with E-state index in [-0.39, 0.29) is 25.6 Å². The summed E-state index contributed by atoms with van der Waals surface area (Å²) in [7, 11) is -3.75. The highest BCUT2D eigenvalue weighted by molar-refractivity contribution is 7.86. The number of aliphatic hydroxyl groups is 1. The maximum atomic E-state index is 12.6. The Hall–Kier alpha value is -0.700. The molecule has 116 valence electrons. The van der Waals surface area contributed by atoms with Crippen LogP contribution in [0.1, 0.15) is 32.1 Å². The molecule has 0 aromatic rings. The summed E-state index contributed by atoms with van der Waals surface area (Å²) in [6.07, 6.45) is 3.31. The fourth-order valence-corrected chi connectivity index (χ4v) is 4.89. The lowest BCUT2D eigenvalue weighted by Crippen LogP contribution is -2.55. The number of aliphatic carboxylic acids is 1. The highest BCUT2D eigenvalue weighted by Crippen LogP contribution is 2.26. The van der Waals surface area contributed by atoms with Gasteiger partial charge in [0.25, 0.3) is 10.2 Å². The first-order valence-electron chi connectivity index (χ1n) is 7.07. The molecular weight excluding hydrogens is 284 g/mol. The molecule has 2 heterocycles. The van der Waals surface area contributed by atoms with E-state index in [0.717, 1.165) is 17.1 Å². The van der Waals surface area contributed by atoms with Gasteiger partial charge in [-0.15, -0.1) is 0 Å². The minimum absolute atomic E-state index is 0.0334. The zero-order chi connectivity index (χ0) is 14.8. The van der Waals surface area contributed by atoms with Gasteiger partial charge in [-0.2, -0.15) is 17.0 Å². The van der Waals surface area contributed by atoms with Crippen molar-refractivity contribution in [3.05, 3.63) is 0 Å². The van der Waals surface area contributed by atoms with Crippen molar-refractivity contribution >= 4 is 16.2 Å². The standard InChI is InChI=1S/C12H22N2O5S/c15-9-10-4-3-6-13(8-10)20(18,19)14-7-2-1-5-11(14)12(16)17/h10-11,15H,1-9H2,(H,16,17). The summed E-state index contributed by atoms with van der Waals surface area (Å²) >= 11 is 0. The number of nitrogens with zero attached hydrogens (tertiary/aromatic N) is 2. The molecule has 0 spiro atoms. The minimum Gasteiger partial charge on any atom is -0.480 e. The lowest BCUT2D eigenvalue weighted by atomic mass is 10.0. The quantitative estimate of drug-likeness (QED) is 0.754. The van der Waals surface area contributed by atoms with Crippen molar-refractivity contribution in [1.82, 2.24) is 8.61 Å². The third kappa shape index (κ3) is 3.13. The van der Waals surface area contributed by atoms with E-state index >= 15 is 0 Å². The van der Waals surface area contributed by atoms with Crippen molar-refractivity contribution < 1.29 is 23.4 Å². The summed E-state index contributed by atoms with van der Waals surface area (Å²) in [6, 6.07) is -0.955. The van der Waals surface area contributed by atoms with Crippen LogP contribution in [0.2, 0.25) is 0 Å². The first-order chi connectivity index (χ1) is 9.46. The molecule has 0 bridgehead atoms. The number of hydrogen-bond donors (Lipinski definition) is 2. The van der Waals surface area contributed by atoms with Gasteiger partial charge in [0.2, 0.25) is 0 Å². The molecule has 0 aliphatic carbocycles. The SMILES string of the molecule is O=C(O)C1CCCCN1S(=O)(=O)N1CCCC(CO)C1. The van der Waals surface area contributed by atoms with Gasteiger partial charge in [-0.25, -0.2) is 0 Å². The molecule has 2 fully saturated rings. The smallest absolute Gasteiger partial charge is 0.322 e. The predicted molar refractivity (Wildman–Crippen MR) is 72.3 cm³/mol. The zero-order valence-corrected chi connectivity index (χ0v) is 12.3. The molecule has 0 aromatic carbocycles. The molecule has 8 heteroatoms. The van der Waals surface area contributed by atoms with Crippen LogP contribution < -0.4 is 0 Å². The average molecular weight is 306 g/mol. The Morgan fingerprint density at radius 2 is 1.90 bits per heavy atom. The Labute approximate surface area is 119 Å². The molecule has 2 saturated heterocycles. The van der Waals surface area contributed by atoms with Crippen LogP contribution in [0, 0.1) is 5.92 Å². The van der Waals surface area contributed by atoms with Crippen LogP contribution in [0.3, 0.4) is 0 Å². The number of piperidine rings is 2. The van der Waals surface area contributed by atoms with E-state index in [2.05, 4.69) is 0 Å².